The monoisotopic (exact) mass is 405 g/mol. The molecule has 0 bridgehead atoms. The molecule has 1 N–H and O–H groups in total. The Morgan fingerprint density at radius 3 is 2.55 bits per heavy atom. The van der Waals surface area contributed by atoms with Crippen molar-refractivity contribution in [2.45, 2.75) is 6.92 Å². The van der Waals surface area contributed by atoms with Crippen LogP contribution in [-0.4, -0.2) is 29.1 Å². The summed E-state index contributed by atoms with van der Waals surface area (Å²) in [5, 5.41) is 17.6. The number of aromatic nitrogens is 1. The zero-order chi connectivity index (χ0) is 21.0. The van der Waals surface area contributed by atoms with Crippen molar-refractivity contribution in [2.75, 3.05) is 6.61 Å². The van der Waals surface area contributed by atoms with Crippen LogP contribution >= 0.6 is 11.6 Å². The van der Waals surface area contributed by atoms with Crippen LogP contribution in [0.5, 0.6) is 0 Å². The van der Waals surface area contributed by atoms with Gasteiger partial charge in [0.25, 0.3) is 0 Å². The van der Waals surface area contributed by atoms with Gasteiger partial charge in [0.05, 0.1) is 22.8 Å². The second-order valence-corrected chi connectivity index (χ2v) is 6.80. The molecule has 1 unspecified atom stereocenters. The fourth-order valence-corrected chi connectivity index (χ4v) is 2.95. The molecule has 0 fully saturated rings. The first-order valence-electron chi connectivity index (χ1n) is 8.71. The van der Waals surface area contributed by atoms with Crippen LogP contribution in [-0.2, 0) is 9.53 Å². The Labute approximate surface area is 172 Å². The first-order valence-corrected chi connectivity index (χ1v) is 9.08. The molecule has 0 aliphatic carbocycles. The van der Waals surface area contributed by atoms with E-state index < -0.39 is 24.3 Å². The first kappa shape index (κ1) is 20.2. The molecule has 0 saturated carbocycles. The highest BCUT2D eigenvalue weighted by atomic mass is 35.5. The maximum absolute atomic E-state index is 12.7. The molecular formula is C22H16ClN3O3. The van der Waals surface area contributed by atoms with Crippen molar-refractivity contribution in [1.29, 1.82) is 10.7 Å². The van der Waals surface area contributed by atoms with Gasteiger partial charge in [-0.15, -0.1) is 0 Å². The fraction of sp³-hybridized carbons (Fsp3) is 0.136. The van der Waals surface area contributed by atoms with E-state index in [1.165, 1.54) is 6.92 Å². The molecular weight excluding hydrogens is 390 g/mol. The summed E-state index contributed by atoms with van der Waals surface area (Å²) in [6.45, 7) is 0.780. The number of rotatable bonds is 6. The smallest absolute Gasteiger partial charge is 0.339 e. The summed E-state index contributed by atoms with van der Waals surface area (Å²) in [7, 11) is 0. The molecule has 0 aliphatic rings. The molecule has 1 heterocycles. The zero-order valence-corrected chi connectivity index (χ0v) is 16.2. The standard InChI is InChI=1S/C22H16ClN3O3/c1-13(25)18(11-24)21(27)12-29-22(28)17-10-20(14-6-8-15(23)9-7-14)26-19-5-3-2-4-16(17)19/h2-10,18,25H,12H2,1H3. The fourth-order valence-electron chi connectivity index (χ4n) is 2.82. The lowest BCUT2D eigenvalue weighted by Gasteiger charge is -2.11. The molecule has 2 aromatic carbocycles. The topological polar surface area (TPSA) is 104 Å². The number of carbonyl (C=O) groups is 2. The second kappa shape index (κ2) is 8.63. The Morgan fingerprint density at radius 1 is 1.21 bits per heavy atom. The third-order valence-electron chi connectivity index (χ3n) is 4.31. The molecule has 144 valence electrons. The minimum absolute atomic E-state index is 0.0899. The van der Waals surface area contributed by atoms with E-state index in [1.807, 2.05) is 6.07 Å². The number of carbonyl (C=O) groups excluding carboxylic acids is 2. The zero-order valence-electron chi connectivity index (χ0n) is 15.5. The number of para-hydroxylation sites is 1. The number of benzene rings is 2. The molecule has 0 amide bonds. The van der Waals surface area contributed by atoms with Crippen LogP contribution < -0.4 is 0 Å². The van der Waals surface area contributed by atoms with E-state index in [0.717, 1.165) is 5.56 Å². The number of pyridine rings is 1. The van der Waals surface area contributed by atoms with Gasteiger partial charge in [0.2, 0.25) is 0 Å². The van der Waals surface area contributed by atoms with Crippen molar-refractivity contribution >= 4 is 40.0 Å². The number of hydrogen-bond donors (Lipinski definition) is 1. The third-order valence-corrected chi connectivity index (χ3v) is 4.56. The Hall–Kier alpha value is -3.56. The van der Waals surface area contributed by atoms with E-state index in [9.17, 15) is 9.59 Å². The summed E-state index contributed by atoms with van der Waals surface area (Å²) in [6.07, 6.45) is 0. The summed E-state index contributed by atoms with van der Waals surface area (Å²) in [5.41, 5.74) is 2.10. The number of nitrogens with one attached hydrogen (secondary N) is 1. The van der Waals surface area contributed by atoms with Crippen LogP contribution in [0.4, 0.5) is 0 Å². The lowest BCUT2D eigenvalue weighted by molar-refractivity contribution is -0.122. The number of halogens is 1. The summed E-state index contributed by atoms with van der Waals surface area (Å²) >= 11 is 5.94. The van der Waals surface area contributed by atoms with Gasteiger partial charge in [0.15, 0.2) is 12.4 Å². The number of Topliss-reactive ketones (excluding diaryl/α,β-unsaturated/α-hetero) is 1. The predicted molar refractivity (Wildman–Crippen MR) is 110 cm³/mol. The van der Waals surface area contributed by atoms with Gasteiger partial charge in [0.1, 0.15) is 5.92 Å². The maximum Gasteiger partial charge on any atom is 0.339 e. The predicted octanol–water partition coefficient (Wildman–Crippen LogP) is 4.46. The average Bonchev–Trinajstić information content (AvgIpc) is 2.72. The summed E-state index contributed by atoms with van der Waals surface area (Å²) in [4.78, 5) is 29.4. The molecule has 6 nitrogen and oxygen atoms in total. The largest absolute Gasteiger partial charge is 0.454 e. The van der Waals surface area contributed by atoms with Crippen LogP contribution in [0, 0.1) is 22.7 Å². The van der Waals surface area contributed by atoms with Crippen molar-refractivity contribution in [3.63, 3.8) is 0 Å². The van der Waals surface area contributed by atoms with Gasteiger partial charge < -0.3 is 10.1 Å². The lowest BCUT2D eigenvalue weighted by Crippen LogP contribution is -2.25. The molecule has 3 rings (SSSR count). The van der Waals surface area contributed by atoms with E-state index in [1.54, 1.807) is 54.6 Å². The number of nitriles is 1. The van der Waals surface area contributed by atoms with E-state index in [-0.39, 0.29) is 11.3 Å². The van der Waals surface area contributed by atoms with E-state index in [2.05, 4.69) is 4.98 Å². The van der Waals surface area contributed by atoms with Gasteiger partial charge in [-0.2, -0.15) is 5.26 Å². The Balaban J connectivity index is 1.94. The van der Waals surface area contributed by atoms with Gasteiger partial charge in [-0.05, 0) is 31.2 Å². The molecule has 0 saturated heterocycles. The van der Waals surface area contributed by atoms with Crippen molar-refractivity contribution in [2.24, 2.45) is 5.92 Å². The SMILES string of the molecule is CC(=N)C(C#N)C(=O)COC(=O)c1cc(-c2ccc(Cl)cc2)nc2ccccc12. The average molecular weight is 406 g/mol. The van der Waals surface area contributed by atoms with E-state index >= 15 is 0 Å². The minimum atomic E-state index is -1.22. The molecule has 1 aromatic heterocycles. The Morgan fingerprint density at radius 2 is 1.90 bits per heavy atom. The van der Waals surface area contributed by atoms with E-state index in [4.69, 9.17) is 27.0 Å². The molecule has 29 heavy (non-hydrogen) atoms. The highest BCUT2D eigenvalue weighted by molar-refractivity contribution is 6.30. The third kappa shape index (κ3) is 4.48. The van der Waals surface area contributed by atoms with Crippen molar-refractivity contribution < 1.29 is 14.3 Å². The number of ether oxygens (including phenoxy) is 1. The van der Waals surface area contributed by atoms with Gasteiger partial charge in [0, 0.05) is 21.7 Å². The molecule has 1 atom stereocenters. The van der Waals surface area contributed by atoms with E-state index in [0.29, 0.717) is 21.6 Å². The number of hydrogen-bond acceptors (Lipinski definition) is 6. The van der Waals surface area contributed by atoms with Crippen LogP contribution in [0.1, 0.15) is 17.3 Å². The van der Waals surface area contributed by atoms with Gasteiger partial charge >= 0.3 is 5.97 Å². The first-order chi connectivity index (χ1) is 13.9. The summed E-state index contributed by atoms with van der Waals surface area (Å²) < 4.78 is 5.16. The molecule has 0 spiro atoms. The molecule has 0 radical (unpaired) electrons. The van der Waals surface area contributed by atoms with Gasteiger partial charge in [-0.3, -0.25) is 4.79 Å². The number of esters is 1. The highest BCUT2D eigenvalue weighted by Gasteiger charge is 2.23. The number of ketones is 1. The van der Waals surface area contributed by atoms with Crippen LogP contribution in [0.2, 0.25) is 5.02 Å². The van der Waals surface area contributed by atoms with Crippen molar-refractivity contribution in [3.8, 4) is 17.3 Å². The van der Waals surface area contributed by atoms with Crippen LogP contribution in [0.25, 0.3) is 22.2 Å². The molecule has 0 aliphatic heterocycles. The summed E-state index contributed by atoms with van der Waals surface area (Å²) in [6, 6.07) is 17.5. The van der Waals surface area contributed by atoms with Crippen LogP contribution in [0.15, 0.2) is 54.6 Å². The second-order valence-electron chi connectivity index (χ2n) is 6.37. The lowest BCUT2D eigenvalue weighted by atomic mass is 10.0. The normalized spacial score (nSPS) is 11.5. The highest BCUT2D eigenvalue weighted by Crippen LogP contribution is 2.26. The maximum atomic E-state index is 12.7. The van der Waals surface area contributed by atoms with Crippen LogP contribution in [0.3, 0.4) is 0 Å². The Bertz CT molecular complexity index is 1150. The van der Waals surface area contributed by atoms with Crippen molar-refractivity contribution in [3.05, 3.63) is 65.2 Å². The number of nitrogens with zero attached hydrogens (tertiary/aromatic N) is 2. The van der Waals surface area contributed by atoms with Gasteiger partial charge in [-0.1, -0.05) is 41.9 Å². The molecule has 3 aromatic rings. The van der Waals surface area contributed by atoms with Gasteiger partial charge in [-0.25, -0.2) is 9.78 Å². The summed E-state index contributed by atoms with van der Waals surface area (Å²) in [5.74, 6) is -2.56. The quantitative estimate of drug-likeness (QED) is 0.481. The molecule has 7 heteroatoms. The van der Waals surface area contributed by atoms with Crippen molar-refractivity contribution in [1.82, 2.24) is 4.98 Å². The Kier molecular flexibility index (Phi) is 6.01. The minimum Gasteiger partial charge on any atom is -0.454 e. The number of fused-ring (bicyclic) bond motifs is 1.